The van der Waals surface area contributed by atoms with E-state index in [4.69, 9.17) is 4.74 Å². The summed E-state index contributed by atoms with van der Waals surface area (Å²) in [7, 11) is 1.70. The molecule has 128 valence electrons. The summed E-state index contributed by atoms with van der Waals surface area (Å²) in [5.41, 5.74) is 2.47. The van der Waals surface area contributed by atoms with Crippen molar-refractivity contribution in [3.8, 4) is 0 Å². The van der Waals surface area contributed by atoms with Gasteiger partial charge >= 0.3 is 0 Å². The van der Waals surface area contributed by atoms with Gasteiger partial charge in [-0.2, -0.15) is 0 Å². The molecule has 0 saturated carbocycles. The van der Waals surface area contributed by atoms with Crippen molar-refractivity contribution in [1.82, 2.24) is 10.2 Å². The second kappa shape index (κ2) is 8.42. The van der Waals surface area contributed by atoms with Crippen LogP contribution in [0.25, 0.3) is 0 Å². The highest BCUT2D eigenvalue weighted by Crippen LogP contribution is 2.37. The normalized spacial score (nSPS) is 16.9. The number of hydrogen-bond acceptors (Lipinski definition) is 4. The van der Waals surface area contributed by atoms with Crippen LogP contribution in [-0.4, -0.2) is 44.2 Å². The van der Waals surface area contributed by atoms with Crippen molar-refractivity contribution >= 4 is 17.2 Å². The molecular formula is C19H24N2O2S. The Hall–Kier alpha value is -1.69. The molecule has 1 aromatic heterocycles. The van der Waals surface area contributed by atoms with Crippen LogP contribution < -0.4 is 5.32 Å². The molecule has 1 aromatic carbocycles. The van der Waals surface area contributed by atoms with Crippen molar-refractivity contribution in [2.24, 2.45) is 0 Å². The number of carbonyl (C=O) groups excluding carboxylic acids is 1. The zero-order valence-electron chi connectivity index (χ0n) is 14.0. The number of benzene rings is 1. The third kappa shape index (κ3) is 3.86. The number of fused-ring (bicyclic) bond motifs is 1. The highest BCUT2D eigenvalue weighted by molar-refractivity contribution is 7.10. The van der Waals surface area contributed by atoms with E-state index in [1.165, 1.54) is 16.0 Å². The van der Waals surface area contributed by atoms with Crippen LogP contribution >= 0.6 is 11.3 Å². The topological polar surface area (TPSA) is 41.6 Å². The number of methoxy groups -OCH3 is 1. The summed E-state index contributed by atoms with van der Waals surface area (Å²) in [5.74, 6) is 0.165. The maximum atomic E-state index is 12.8. The molecule has 5 heteroatoms. The maximum Gasteiger partial charge on any atom is 0.237 e. The van der Waals surface area contributed by atoms with E-state index in [2.05, 4.69) is 28.9 Å². The first kappa shape index (κ1) is 17.1. The van der Waals surface area contributed by atoms with Crippen molar-refractivity contribution in [1.29, 1.82) is 0 Å². The molecule has 0 spiro atoms. The minimum Gasteiger partial charge on any atom is -0.385 e. The lowest BCUT2D eigenvalue weighted by atomic mass is 9.93. The van der Waals surface area contributed by atoms with Gasteiger partial charge in [0, 0.05) is 25.1 Å². The first-order valence-corrected chi connectivity index (χ1v) is 9.29. The van der Waals surface area contributed by atoms with Gasteiger partial charge in [0.1, 0.15) is 0 Å². The molecule has 1 aliphatic heterocycles. The number of nitrogens with one attached hydrogen (secondary N) is 1. The number of hydrogen-bond donors (Lipinski definition) is 1. The summed E-state index contributed by atoms with van der Waals surface area (Å²) in [4.78, 5) is 16.2. The Labute approximate surface area is 147 Å². The molecule has 1 atom stereocenters. The Morgan fingerprint density at radius 3 is 2.96 bits per heavy atom. The van der Waals surface area contributed by atoms with E-state index in [9.17, 15) is 4.79 Å². The summed E-state index contributed by atoms with van der Waals surface area (Å²) in [5, 5.41) is 5.37. The quantitative estimate of drug-likeness (QED) is 0.786. The summed E-state index contributed by atoms with van der Waals surface area (Å²) in [6.45, 7) is 2.68. The summed E-state index contributed by atoms with van der Waals surface area (Å²) in [6, 6.07) is 12.5. The lowest BCUT2D eigenvalue weighted by Crippen LogP contribution is -2.44. The number of ether oxygens (including phenoxy) is 1. The first-order chi connectivity index (χ1) is 11.8. The van der Waals surface area contributed by atoms with E-state index in [0.29, 0.717) is 6.54 Å². The number of nitrogens with zero attached hydrogens (tertiary/aromatic N) is 1. The lowest BCUT2D eigenvalue weighted by Gasteiger charge is -2.36. The van der Waals surface area contributed by atoms with Crippen molar-refractivity contribution < 1.29 is 9.53 Å². The smallest absolute Gasteiger partial charge is 0.237 e. The highest BCUT2D eigenvalue weighted by Gasteiger charge is 2.32. The van der Waals surface area contributed by atoms with E-state index in [1.807, 2.05) is 23.1 Å². The summed E-state index contributed by atoms with van der Waals surface area (Å²) >= 11 is 1.80. The fraction of sp³-hybridized carbons (Fsp3) is 0.421. The molecule has 0 bridgehead atoms. The Morgan fingerprint density at radius 2 is 2.17 bits per heavy atom. The van der Waals surface area contributed by atoms with Gasteiger partial charge in [0.2, 0.25) is 5.91 Å². The fourth-order valence-electron chi connectivity index (χ4n) is 3.22. The van der Waals surface area contributed by atoms with Gasteiger partial charge in [0.25, 0.3) is 0 Å². The minimum absolute atomic E-state index is 0.0366. The third-order valence-electron chi connectivity index (χ3n) is 4.38. The third-order valence-corrected chi connectivity index (χ3v) is 5.38. The molecule has 4 nitrogen and oxygen atoms in total. The van der Waals surface area contributed by atoms with E-state index in [1.54, 1.807) is 18.4 Å². The van der Waals surface area contributed by atoms with E-state index in [0.717, 1.165) is 32.5 Å². The number of amides is 1. The average Bonchev–Trinajstić information content (AvgIpc) is 3.10. The molecule has 1 unspecified atom stereocenters. The van der Waals surface area contributed by atoms with Crippen LogP contribution in [0.5, 0.6) is 0 Å². The molecule has 1 amide bonds. The molecule has 0 aliphatic carbocycles. The maximum absolute atomic E-state index is 12.8. The molecule has 1 aliphatic rings. The van der Waals surface area contributed by atoms with Crippen LogP contribution in [0.4, 0.5) is 0 Å². The number of rotatable bonds is 7. The van der Waals surface area contributed by atoms with Crippen LogP contribution in [0.2, 0.25) is 0 Å². The zero-order valence-corrected chi connectivity index (χ0v) is 14.8. The molecular weight excluding hydrogens is 320 g/mol. The zero-order chi connectivity index (χ0) is 16.8. The standard InChI is InChI=1S/C19H24N2O2S/c1-23-12-5-10-20-14-18(22)21-11-8-17-16(9-13-24-17)19(21)15-6-3-2-4-7-15/h2-4,6-7,9,13,19-20H,5,8,10-12,14H2,1H3. The van der Waals surface area contributed by atoms with Gasteiger partial charge in [-0.15, -0.1) is 11.3 Å². The van der Waals surface area contributed by atoms with E-state index >= 15 is 0 Å². The second-order valence-corrected chi connectivity index (χ2v) is 6.97. The van der Waals surface area contributed by atoms with Gasteiger partial charge in [0.15, 0.2) is 0 Å². The van der Waals surface area contributed by atoms with Gasteiger partial charge in [-0.25, -0.2) is 0 Å². The van der Waals surface area contributed by atoms with Gasteiger partial charge in [-0.3, -0.25) is 4.79 Å². The predicted molar refractivity (Wildman–Crippen MR) is 97.4 cm³/mol. The average molecular weight is 344 g/mol. The molecule has 0 fully saturated rings. The van der Waals surface area contributed by atoms with Crippen molar-refractivity contribution in [3.05, 3.63) is 57.8 Å². The predicted octanol–water partition coefficient (Wildman–Crippen LogP) is 2.85. The largest absolute Gasteiger partial charge is 0.385 e. The first-order valence-electron chi connectivity index (χ1n) is 8.41. The molecule has 2 heterocycles. The molecule has 0 saturated heterocycles. The molecule has 0 radical (unpaired) electrons. The Balaban J connectivity index is 1.73. The van der Waals surface area contributed by atoms with E-state index in [-0.39, 0.29) is 11.9 Å². The Kier molecular flexibility index (Phi) is 6.01. The monoisotopic (exact) mass is 344 g/mol. The molecule has 2 aromatic rings. The van der Waals surface area contributed by atoms with Crippen molar-refractivity contribution in [3.63, 3.8) is 0 Å². The van der Waals surface area contributed by atoms with Crippen LogP contribution in [0.3, 0.4) is 0 Å². The molecule has 1 N–H and O–H groups in total. The SMILES string of the molecule is COCCCNCC(=O)N1CCc2sccc2C1c1ccccc1. The minimum atomic E-state index is 0.0366. The van der Waals surface area contributed by atoms with Crippen LogP contribution in [0, 0.1) is 0 Å². The number of thiophene rings is 1. The molecule has 24 heavy (non-hydrogen) atoms. The van der Waals surface area contributed by atoms with Crippen LogP contribution in [-0.2, 0) is 16.0 Å². The Bertz CT molecular complexity index is 656. The van der Waals surface area contributed by atoms with Crippen LogP contribution in [0.15, 0.2) is 41.8 Å². The second-order valence-electron chi connectivity index (χ2n) is 5.97. The summed E-state index contributed by atoms with van der Waals surface area (Å²) < 4.78 is 5.04. The molecule has 3 rings (SSSR count). The van der Waals surface area contributed by atoms with Gasteiger partial charge in [0.05, 0.1) is 12.6 Å². The van der Waals surface area contributed by atoms with Gasteiger partial charge in [-0.1, -0.05) is 30.3 Å². The highest BCUT2D eigenvalue weighted by atomic mass is 32.1. The van der Waals surface area contributed by atoms with Crippen molar-refractivity contribution in [2.45, 2.75) is 18.9 Å². The lowest BCUT2D eigenvalue weighted by molar-refractivity contribution is -0.132. The van der Waals surface area contributed by atoms with Crippen LogP contribution in [0.1, 0.15) is 28.5 Å². The van der Waals surface area contributed by atoms with Gasteiger partial charge in [-0.05, 0) is 42.0 Å². The fourth-order valence-corrected chi connectivity index (χ4v) is 4.12. The summed E-state index contributed by atoms with van der Waals surface area (Å²) in [6.07, 6.45) is 1.87. The number of carbonyl (C=O) groups is 1. The van der Waals surface area contributed by atoms with E-state index < -0.39 is 0 Å². The van der Waals surface area contributed by atoms with Gasteiger partial charge < -0.3 is 15.0 Å². The van der Waals surface area contributed by atoms with Crippen molar-refractivity contribution in [2.75, 3.05) is 33.4 Å². The Morgan fingerprint density at radius 1 is 1.33 bits per heavy atom.